The normalized spacial score (nSPS) is 11.0. The van der Waals surface area contributed by atoms with Crippen LogP contribution in [0.3, 0.4) is 0 Å². The molecule has 0 bridgehead atoms. The number of urea groups is 1. The van der Waals surface area contributed by atoms with E-state index in [2.05, 4.69) is 16.0 Å². The monoisotopic (exact) mass is 363 g/mol. The van der Waals surface area contributed by atoms with E-state index in [0.717, 1.165) is 5.56 Å². The third-order valence-electron chi connectivity index (χ3n) is 3.75. The van der Waals surface area contributed by atoms with Crippen molar-refractivity contribution in [3.63, 3.8) is 0 Å². The smallest absolute Gasteiger partial charge is 0.315 e. The van der Waals surface area contributed by atoms with Gasteiger partial charge in [-0.1, -0.05) is 37.6 Å². The van der Waals surface area contributed by atoms with Crippen molar-refractivity contribution in [1.82, 2.24) is 16.0 Å². The number of nitrogens with one attached hydrogen (secondary N) is 3. The Kier molecular flexibility index (Phi) is 6.47. The zero-order valence-corrected chi connectivity index (χ0v) is 15.0. The first-order chi connectivity index (χ1) is 11.9. The van der Waals surface area contributed by atoms with E-state index in [1.807, 2.05) is 38.1 Å². The van der Waals surface area contributed by atoms with Crippen molar-refractivity contribution in [2.45, 2.75) is 25.8 Å². The minimum atomic E-state index is -0.400. The molecule has 3 N–H and O–H groups in total. The van der Waals surface area contributed by atoms with Crippen molar-refractivity contribution in [3.8, 4) is 0 Å². The number of carbonyl (C=O) groups is 2. The third kappa shape index (κ3) is 6.15. The molecule has 1 heterocycles. The van der Waals surface area contributed by atoms with E-state index in [1.54, 1.807) is 12.1 Å². The molecule has 6 nitrogen and oxygen atoms in total. The number of carbonyl (C=O) groups excluding carboxylic acids is 2. The van der Waals surface area contributed by atoms with Gasteiger partial charge in [-0.3, -0.25) is 4.79 Å². The topological polar surface area (TPSA) is 83.4 Å². The average Bonchev–Trinajstić information content (AvgIpc) is 3.10. The van der Waals surface area contributed by atoms with Crippen molar-refractivity contribution >= 4 is 23.5 Å². The lowest BCUT2D eigenvalue weighted by Crippen LogP contribution is -2.45. The molecule has 0 radical (unpaired) electrons. The van der Waals surface area contributed by atoms with Crippen LogP contribution in [0.4, 0.5) is 4.79 Å². The zero-order valence-electron chi connectivity index (χ0n) is 14.3. The first kappa shape index (κ1) is 18.9. The van der Waals surface area contributed by atoms with E-state index in [0.29, 0.717) is 17.3 Å². The van der Waals surface area contributed by atoms with Gasteiger partial charge in [-0.05, 0) is 29.8 Å². The summed E-state index contributed by atoms with van der Waals surface area (Å²) in [6, 6.07) is 10.6. The van der Waals surface area contributed by atoms with Crippen LogP contribution in [-0.2, 0) is 16.8 Å². The fourth-order valence-electron chi connectivity index (χ4n) is 2.20. The Morgan fingerprint density at radius 3 is 2.60 bits per heavy atom. The maximum atomic E-state index is 11.9. The Hall–Kier alpha value is -2.47. The summed E-state index contributed by atoms with van der Waals surface area (Å²) in [5, 5.41) is 8.61. The molecule has 134 valence electrons. The second-order valence-corrected chi connectivity index (χ2v) is 6.72. The van der Waals surface area contributed by atoms with Gasteiger partial charge in [0, 0.05) is 17.0 Å². The van der Waals surface area contributed by atoms with Crippen molar-refractivity contribution in [2.75, 3.05) is 13.1 Å². The fourth-order valence-corrected chi connectivity index (χ4v) is 2.39. The SMILES string of the molecule is CC(C)(CNC(=O)NCC(=O)NCc1ccco1)c1cccc(Cl)c1. The van der Waals surface area contributed by atoms with Crippen molar-refractivity contribution in [2.24, 2.45) is 0 Å². The van der Waals surface area contributed by atoms with Gasteiger partial charge in [-0.15, -0.1) is 0 Å². The van der Waals surface area contributed by atoms with E-state index in [4.69, 9.17) is 16.0 Å². The van der Waals surface area contributed by atoms with E-state index in [1.165, 1.54) is 6.26 Å². The van der Waals surface area contributed by atoms with Crippen LogP contribution in [-0.4, -0.2) is 25.0 Å². The predicted molar refractivity (Wildman–Crippen MR) is 96.4 cm³/mol. The van der Waals surface area contributed by atoms with Gasteiger partial charge in [0.1, 0.15) is 5.76 Å². The van der Waals surface area contributed by atoms with Crippen LogP contribution in [0.5, 0.6) is 0 Å². The lowest BCUT2D eigenvalue weighted by molar-refractivity contribution is -0.120. The minimum Gasteiger partial charge on any atom is -0.467 e. The van der Waals surface area contributed by atoms with Gasteiger partial charge in [0.15, 0.2) is 0 Å². The Bertz CT molecular complexity index is 714. The number of halogens is 1. The molecule has 0 spiro atoms. The quantitative estimate of drug-likeness (QED) is 0.707. The van der Waals surface area contributed by atoms with Crippen LogP contribution in [0.15, 0.2) is 47.1 Å². The fraction of sp³-hybridized carbons (Fsp3) is 0.333. The van der Waals surface area contributed by atoms with Gasteiger partial charge in [0.25, 0.3) is 0 Å². The number of hydrogen-bond donors (Lipinski definition) is 3. The summed E-state index contributed by atoms with van der Waals surface area (Å²) in [6.07, 6.45) is 1.54. The van der Waals surface area contributed by atoms with E-state index < -0.39 is 6.03 Å². The molecule has 7 heteroatoms. The van der Waals surface area contributed by atoms with E-state index in [-0.39, 0.29) is 24.4 Å². The van der Waals surface area contributed by atoms with Crippen molar-refractivity contribution in [3.05, 3.63) is 59.0 Å². The molecular formula is C18H22ClN3O3. The van der Waals surface area contributed by atoms with Gasteiger partial charge < -0.3 is 20.4 Å². The summed E-state index contributed by atoms with van der Waals surface area (Å²) < 4.78 is 5.11. The lowest BCUT2D eigenvalue weighted by atomic mass is 9.85. The van der Waals surface area contributed by atoms with Crippen molar-refractivity contribution < 1.29 is 14.0 Å². The van der Waals surface area contributed by atoms with Crippen LogP contribution in [0.2, 0.25) is 5.02 Å². The molecule has 1 aromatic heterocycles. The molecule has 0 aliphatic rings. The number of furan rings is 1. The van der Waals surface area contributed by atoms with Gasteiger partial charge in [-0.2, -0.15) is 0 Å². The molecule has 2 rings (SSSR count). The minimum absolute atomic E-state index is 0.107. The molecule has 0 atom stereocenters. The second kappa shape index (κ2) is 8.58. The van der Waals surface area contributed by atoms with Crippen molar-refractivity contribution in [1.29, 1.82) is 0 Å². The summed E-state index contributed by atoms with van der Waals surface area (Å²) in [5.74, 6) is 0.363. The lowest BCUT2D eigenvalue weighted by Gasteiger charge is -2.26. The molecule has 25 heavy (non-hydrogen) atoms. The van der Waals surface area contributed by atoms with E-state index >= 15 is 0 Å². The molecule has 2 aromatic rings. The maximum Gasteiger partial charge on any atom is 0.315 e. The van der Waals surface area contributed by atoms with Crippen LogP contribution < -0.4 is 16.0 Å². The molecule has 0 saturated heterocycles. The van der Waals surface area contributed by atoms with Gasteiger partial charge in [-0.25, -0.2) is 4.79 Å². The number of benzene rings is 1. The molecule has 0 unspecified atom stereocenters. The molecular weight excluding hydrogens is 342 g/mol. The highest BCUT2D eigenvalue weighted by Crippen LogP contribution is 2.24. The molecule has 0 aliphatic heterocycles. The predicted octanol–water partition coefficient (Wildman–Crippen LogP) is 2.83. The Labute approximate surface area is 151 Å². The first-order valence-corrected chi connectivity index (χ1v) is 8.31. The number of rotatable bonds is 7. The Balaban J connectivity index is 1.71. The Morgan fingerprint density at radius 2 is 1.92 bits per heavy atom. The highest BCUT2D eigenvalue weighted by Gasteiger charge is 2.21. The average molecular weight is 364 g/mol. The highest BCUT2D eigenvalue weighted by atomic mass is 35.5. The summed E-state index contributed by atoms with van der Waals surface area (Å²) >= 11 is 6.01. The first-order valence-electron chi connectivity index (χ1n) is 7.94. The van der Waals surface area contributed by atoms with Crippen LogP contribution >= 0.6 is 11.6 Å². The number of hydrogen-bond acceptors (Lipinski definition) is 3. The standard InChI is InChI=1S/C18H22ClN3O3/c1-18(2,13-5-3-6-14(19)9-13)12-22-17(24)21-11-16(23)20-10-15-7-4-8-25-15/h3-9H,10-12H2,1-2H3,(H,20,23)(H2,21,22,24). The van der Waals surface area contributed by atoms with Gasteiger partial charge >= 0.3 is 6.03 Å². The van der Waals surface area contributed by atoms with Crippen LogP contribution in [0.25, 0.3) is 0 Å². The largest absolute Gasteiger partial charge is 0.467 e. The number of amides is 3. The maximum absolute atomic E-state index is 11.9. The Morgan fingerprint density at radius 1 is 1.12 bits per heavy atom. The molecule has 0 saturated carbocycles. The second-order valence-electron chi connectivity index (χ2n) is 6.29. The zero-order chi connectivity index (χ0) is 18.3. The van der Waals surface area contributed by atoms with E-state index in [9.17, 15) is 9.59 Å². The third-order valence-corrected chi connectivity index (χ3v) is 3.98. The molecule has 3 amide bonds. The molecule has 1 aromatic carbocycles. The van der Waals surface area contributed by atoms with Crippen LogP contribution in [0.1, 0.15) is 25.2 Å². The highest BCUT2D eigenvalue weighted by molar-refractivity contribution is 6.30. The van der Waals surface area contributed by atoms with Crippen LogP contribution in [0, 0.1) is 0 Å². The molecule has 0 fully saturated rings. The van der Waals surface area contributed by atoms with Gasteiger partial charge in [0.05, 0.1) is 19.4 Å². The summed E-state index contributed by atoms with van der Waals surface area (Å²) in [7, 11) is 0. The summed E-state index contributed by atoms with van der Waals surface area (Å²) in [6.45, 7) is 4.61. The summed E-state index contributed by atoms with van der Waals surface area (Å²) in [5.41, 5.74) is 0.737. The molecule has 0 aliphatic carbocycles. The summed E-state index contributed by atoms with van der Waals surface area (Å²) in [4.78, 5) is 23.6. The van der Waals surface area contributed by atoms with Gasteiger partial charge in [0.2, 0.25) is 5.91 Å².